The van der Waals surface area contributed by atoms with Gasteiger partial charge in [-0.05, 0) is 27.2 Å². The van der Waals surface area contributed by atoms with E-state index in [0.717, 1.165) is 0 Å². The van der Waals surface area contributed by atoms with Crippen molar-refractivity contribution in [3.63, 3.8) is 0 Å². The van der Waals surface area contributed by atoms with Crippen LogP contribution >= 0.6 is 0 Å². The smallest absolute Gasteiger partial charge is 0.322 e. The average molecular weight is 199 g/mol. The van der Waals surface area contributed by atoms with E-state index in [-0.39, 0.29) is 5.71 Å². The highest BCUT2D eigenvalue weighted by molar-refractivity contribution is 6.11. The van der Waals surface area contributed by atoms with E-state index in [1.165, 1.54) is 0 Å². The van der Waals surface area contributed by atoms with Crippen LogP contribution < -0.4 is 0 Å². The average Bonchev–Trinajstić information content (AvgIpc) is 2.01. The van der Waals surface area contributed by atoms with E-state index in [1.54, 1.807) is 27.7 Å². The molecule has 4 heteroatoms. The van der Waals surface area contributed by atoms with Gasteiger partial charge in [-0.2, -0.15) is 0 Å². The van der Waals surface area contributed by atoms with Gasteiger partial charge in [0.15, 0.2) is 0 Å². The molecule has 4 nitrogen and oxygen atoms in total. The molecule has 0 amide bonds. The second kappa shape index (κ2) is 4.88. The molecular formula is C10H17NO3. The first kappa shape index (κ1) is 12.8. The molecule has 0 aliphatic heterocycles. The summed E-state index contributed by atoms with van der Waals surface area (Å²) in [6.07, 6.45) is 0.836. The van der Waals surface area contributed by atoms with Gasteiger partial charge in [-0.25, -0.2) is 0 Å². The number of ether oxygens (including phenoxy) is 1. The third kappa shape index (κ3) is 4.16. The summed E-state index contributed by atoms with van der Waals surface area (Å²) in [5.41, 5.74) is -0.527. The van der Waals surface area contributed by atoms with Gasteiger partial charge in [-0.1, -0.05) is 6.92 Å². The van der Waals surface area contributed by atoms with Gasteiger partial charge < -0.3 is 14.9 Å². The molecule has 0 heterocycles. The Labute approximate surface area is 84.1 Å². The van der Waals surface area contributed by atoms with Crippen LogP contribution in [0.25, 0.3) is 0 Å². The Morgan fingerprint density at radius 3 is 2.29 bits per heavy atom. The standard InChI is InChI=1S/C10H17NO3/c1-5-8(11)7(6-12)9(13)14-10(2,3)4/h6-7,11H,5H2,1-4H3/t7-/m0/s1. The Hall–Kier alpha value is -1.19. The number of carbonyl (C=O) groups excluding carboxylic acids is 2. The van der Waals surface area contributed by atoms with Crippen LogP contribution in [0.3, 0.4) is 0 Å². The molecule has 0 radical (unpaired) electrons. The van der Waals surface area contributed by atoms with Gasteiger partial charge in [0.1, 0.15) is 17.8 Å². The molecule has 0 rings (SSSR count). The maximum Gasteiger partial charge on any atom is 0.322 e. The number of aldehydes is 1. The highest BCUT2D eigenvalue weighted by Crippen LogP contribution is 2.11. The number of nitrogens with one attached hydrogen (secondary N) is 1. The maximum absolute atomic E-state index is 11.4. The molecule has 0 saturated heterocycles. The summed E-state index contributed by atoms with van der Waals surface area (Å²) in [4.78, 5) is 22.0. The third-order valence-corrected chi connectivity index (χ3v) is 1.55. The first-order chi connectivity index (χ1) is 6.31. The van der Waals surface area contributed by atoms with Gasteiger partial charge in [0, 0.05) is 5.71 Å². The molecule has 0 aliphatic carbocycles. The van der Waals surface area contributed by atoms with Crippen LogP contribution in [0.4, 0.5) is 0 Å². The quantitative estimate of drug-likeness (QED) is 0.323. The predicted octanol–water partition coefficient (Wildman–Crippen LogP) is 1.57. The molecule has 0 unspecified atom stereocenters. The summed E-state index contributed by atoms with van der Waals surface area (Å²) in [7, 11) is 0. The van der Waals surface area contributed by atoms with Crippen molar-refractivity contribution >= 4 is 18.0 Å². The Kier molecular flexibility index (Phi) is 4.47. The van der Waals surface area contributed by atoms with Crippen LogP contribution in [0.1, 0.15) is 34.1 Å². The molecule has 0 aromatic heterocycles. The molecule has 0 bridgehead atoms. The number of hydrogen-bond acceptors (Lipinski definition) is 4. The second-order valence-corrected chi connectivity index (χ2v) is 4.03. The molecule has 0 spiro atoms. The van der Waals surface area contributed by atoms with Crippen LogP contribution in [0.15, 0.2) is 0 Å². The van der Waals surface area contributed by atoms with E-state index in [9.17, 15) is 9.59 Å². The monoisotopic (exact) mass is 199 g/mol. The van der Waals surface area contributed by atoms with Crippen LogP contribution in [0, 0.1) is 11.3 Å². The highest BCUT2D eigenvalue weighted by Gasteiger charge is 2.27. The minimum atomic E-state index is -1.04. The van der Waals surface area contributed by atoms with Gasteiger partial charge in [0.2, 0.25) is 0 Å². The van der Waals surface area contributed by atoms with Gasteiger partial charge in [-0.15, -0.1) is 0 Å². The highest BCUT2D eigenvalue weighted by atomic mass is 16.6. The Morgan fingerprint density at radius 2 is 2.00 bits per heavy atom. The fraction of sp³-hybridized carbons (Fsp3) is 0.700. The second-order valence-electron chi connectivity index (χ2n) is 4.03. The van der Waals surface area contributed by atoms with Crippen molar-refractivity contribution in [1.82, 2.24) is 0 Å². The maximum atomic E-state index is 11.4. The molecule has 0 aliphatic rings. The lowest BCUT2D eigenvalue weighted by molar-refractivity contribution is -0.157. The molecule has 0 saturated carbocycles. The molecule has 1 atom stereocenters. The van der Waals surface area contributed by atoms with Crippen molar-refractivity contribution in [1.29, 1.82) is 5.41 Å². The van der Waals surface area contributed by atoms with E-state index >= 15 is 0 Å². The first-order valence-electron chi connectivity index (χ1n) is 4.57. The van der Waals surface area contributed by atoms with Gasteiger partial charge in [0.25, 0.3) is 0 Å². The van der Waals surface area contributed by atoms with Gasteiger partial charge in [0.05, 0.1) is 0 Å². The number of esters is 1. The minimum absolute atomic E-state index is 0.0919. The lowest BCUT2D eigenvalue weighted by atomic mass is 10.0. The molecule has 0 aromatic rings. The summed E-state index contributed by atoms with van der Waals surface area (Å²) in [6.45, 7) is 6.90. The molecule has 0 aromatic carbocycles. The van der Waals surface area contributed by atoms with Crippen molar-refractivity contribution in [2.24, 2.45) is 5.92 Å². The molecule has 0 fully saturated rings. The van der Waals surface area contributed by atoms with Crippen molar-refractivity contribution in [3.8, 4) is 0 Å². The van der Waals surface area contributed by atoms with E-state index in [2.05, 4.69) is 0 Å². The predicted molar refractivity (Wildman–Crippen MR) is 53.4 cm³/mol. The topological polar surface area (TPSA) is 67.2 Å². The summed E-state index contributed by atoms with van der Waals surface area (Å²) in [6, 6.07) is 0. The zero-order chi connectivity index (χ0) is 11.4. The summed E-state index contributed by atoms with van der Waals surface area (Å²) < 4.78 is 5.00. The third-order valence-electron chi connectivity index (χ3n) is 1.55. The molecular weight excluding hydrogens is 182 g/mol. The minimum Gasteiger partial charge on any atom is -0.459 e. The fourth-order valence-electron chi connectivity index (χ4n) is 0.865. The summed E-state index contributed by atoms with van der Waals surface area (Å²) >= 11 is 0. The zero-order valence-corrected chi connectivity index (χ0v) is 9.09. The lowest BCUT2D eigenvalue weighted by Crippen LogP contribution is -2.33. The van der Waals surface area contributed by atoms with Crippen molar-refractivity contribution in [2.45, 2.75) is 39.7 Å². The SMILES string of the molecule is CCC(=N)[C@H](C=O)C(=O)OC(C)(C)C. The zero-order valence-electron chi connectivity index (χ0n) is 9.09. The first-order valence-corrected chi connectivity index (χ1v) is 4.57. The summed E-state index contributed by atoms with van der Waals surface area (Å²) in [5, 5.41) is 7.40. The van der Waals surface area contributed by atoms with E-state index < -0.39 is 17.5 Å². The van der Waals surface area contributed by atoms with Crippen LogP contribution in [-0.2, 0) is 14.3 Å². The largest absolute Gasteiger partial charge is 0.459 e. The Bertz CT molecular complexity index is 240. The normalized spacial score (nSPS) is 13.1. The Morgan fingerprint density at radius 1 is 1.50 bits per heavy atom. The van der Waals surface area contributed by atoms with Crippen molar-refractivity contribution in [3.05, 3.63) is 0 Å². The summed E-state index contributed by atoms with van der Waals surface area (Å²) in [5.74, 6) is -1.68. The number of carbonyl (C=O) groups is 2. The molecule has 80 valence electrons. The van der Waals surface area contributed by atoms with E-state index in [1.807, 2.05) is 0 Å². The molecule has 1 N–H and O–H groups in total. The van der Waals surface area contributed by atoms with Gasteiger partial charge in [-0.3, -0.25) is 4.79 Å². The number of hydrogen-bond donors (Lipinski definition) is 1. The van der Waals surface area contributed by atoms with Crippen LogP contribution in [0.2, 0.25) is 0 Å². The fourth-order valence-corrected chi connectivity index (χ4v) is 0.865. The number of rotatable bonds is 4. The van der Waals surface area contributed by atoms with E-state index in [4.69, 9.17) is 10.1 Å². The Balaban J connectivity index is 4.48. The van der Waals surface area contributed by atoms with Crippen molar-refractivity contribution in [2.75, 3.05) is 0 Å². The van der Waals surface area contributed by atoms with Crippen LogP contribution in [0.5, 0.6) is 0 Å². The van der Waals surface area contributed by atoms with E-state index in [0.29, 0.717) is 12.7 Å². The van der Waals surface area contributed by atoms with Gasteiger partial charge >= 0.3 is 5.97 Å². The molecule has 14 heavy (non-hydrogen) atoms. The van der Waals surface area contributed by atoms with Crippen LogP contribution in [-0.4, -0.2) is 23.6 Å². The lowest BCUT2D eigenvalue weighted by Gasteiger charge is -2.21. The van der Waals surface area contributed by atoms with Crippen molar-refractivity contribution < 1.29 is 14.3 Å².